The Bertz CT molecular complexity index is 504. The van der Waals surface area contributed by atoms with Crippen LogP contribution >= 0.6 is 11.5 Å². The molecule has 3 nitrogen and oxygen atoms in total. The van der Waals surface area contributed by atoms with Crippen LogP contribution in [0.1, 0.15) is 17.7 Å². The summed E-state index contributed by atoms with van der Waals surface area (Å²) in [5, 5.41) is 9.78. The Hall–Kier alpha value is -1.42. The molecule has 0 bridgehead atoms. The van der Waals surface area contributed by atoms with Crippen LogP contribution in [-0.4, -0.2) is 15.4 Å². The summed E-state index contributed by atoms with van der Waals surface area (Å²) in [5.41, 5.74) is 2.10. The molecule has 0 amide bonds. The SMILES string of the molecule is Cc1nsc2c(CCC(=O)O)cccc12. The van der Waals surface area contributed by atoms with Gasteiger partial charge in [-0.3, -0.25) is 4.79 Å². The maximum absolute atomic E-state index is 10.5. The third-order valence-corrected chi connectivity index (χ3v) is 3.40. The molecule has 2 rings (SSSR count). The molecule has 1 N–H and O–H groups in total. The molecular weight excluding hydrogens is 210 g/mol. The minimum atomic E-state index is -0.756. The average Bonchev–Trinajstić information content (AvgIpc) is 2.58. The minimum Gasteiger partial charge on any atom is -0.481 e. The first-order valence-corrected chi connectivity index (χ1v) is 5.51. The van der Waals surface area contributed by atoms with E-state index in [1.165, 1.54) is 11.5 Å². The Balaban J connectivity index is 2.38. The van der Waals surface area contributed by atoms with Crippen molar-refractivity contribution >= 4 is 27.6 Å². The van der Waals surface area contributed by atoms with Crippen LogP contribution in [0, 0.1) is 6.92 Å². The summed E-state index contributed by atoms with van der Waals surface area (Å²) in [5.74, 6) is -0.756. The molecule has 0 unspecified atom stereocenters. The van der Waals surface area contributed by atoms with Gasteiger partial charge < -0.3 is 5.11 Å². The lowest BCUT2D eigenvalue weighted by molar-refractivity contribution is -0.136. The van der Waals surface area contributed by atoms with E-state index in [1.54, 1.807) is 0 Å². The molecule has 0 saturated carbocycles. The Morgan fingerprint density at radius 2 is 2.33 bits per heavy atom. The van der Waals surface area contributed by atoms with Crippen LogP contribution in [0.15, 0.2) is 18.2 Å². The normalized spacial score (nSPS) is 10.7. The van der Waals surface area contributed by atoms with Gasteiger partial charge >= 0.3 is 5.97 Å². The Kier molecular flexibility index (Phi) is 2.68. The number of benzene rings is 1. The van der Waals surface area contributed by atoms with Crippen LogP contribution in [0.4, 0.5) is 0 Å². The van der Waals surface area contributed by atoms with Gasteiger partial charge in [0.15, 0.2) is 0 Å². The van der Waals surface area contributed by atoms with Gasteiger partial charge in [-0.05, 0) is 30.4 Å². The largest absolute Gasteiger partial charge is 0.481 e. The maximum atomic E-state index is 10.5. The van der Waals surface area contributed by atoms with Crippen molar-refractivity contribution in [2.75, 3.05) is 0 Å². The second-order valence-corrected chi connectivity index (χ2v) is 4.23. The molecule has 0 spiro atoms. The topological polar surface area (TPSA) is 50.2 Å². The Labute approximate surface area is 91.5 Å². The number of nitrogens with zero attached hydrogens (tertiary/aromatic N) is 1. The predicted molar refractivity (Wildman–Crippen MR) is 60.3 cm³/mol. The molecule has 0 aliphatic carbocycles. The fraction of sp³-hybridized carbons (Fsp3) is 0.273. The van der Waals surface area contributed by atoms with Crippen molar-refractivity contribution in [3.63, 3.8) is 0 Å². The van der Waals surface area contributed by atoms with E-state index in [9.17, 15) is 4.79 Å². The lowest BCUT2D eigenvalue weighted by Crippen LogP contribution is -1.97. The van der Waals surface area contributed by atoms with E-state index in [0.29, 0.717) is 6.42 Å². The van der Waals surface area contributed by atoms with Crippen LogP contribution in [0.3, 0.4) is 0 Å². The molecule has 0 saturated heterocycles. The first-order chi connectivity index (χ1) is 7.18. The van der Waals surface area contributed by atoms with Gasteiger partial charge in [0.2, 0.25) is 0 Å². The molecule has 0 fully saturated rings. The van der Waals surface area contributed by atoms with Crippen molar-refractivity contribution in [3.05, 3.63) is 29.5 Å². The van der Waals surface area contributed by atoms with Gasteiger partial charge in [0.1, 0.15) is 0 Å². The molecule has 78 valence electrons. The second-order valence-electron chi connectivity index (χ2n) is 3.46. The van der Waals surface area contributed by atoms with E-state index in [4.69, 9.17) is 5.11 Å². The average molecular weight is 221 g/mol. The Morgan fingerprint density at radius 1 is 1.53 bits per heavy atom. The molecular formula is C11H11NO2S. The lowest BCUT2D eigenvalue weighted by Gasteiger charge is -1.99. The van der Waals surface area contributed by atoms with Crippen LogP contribution in [-0.2, 0) is 11.2 Å². The standard InChI is InChI=1S/C11H11NO2S/c1-7-9-4-2-3-8(5-6-10(13)14)11(9)15-12-7/h2-4H,5-6H2,1H3,(H,13,14). The summed E-state index contributed by atoms with van der Waals surface area (Å²) in [6.45, 7) is 1.97. The van der Waals surface area contributed by atoms with Crippen LogP contribution < -0.4 is 0 Å². The third-order valence-electron chi connectivity index (χ3n) is 2.37. The highest BCUT2D eigenvalue weighted by atomic mass is 32.1. The van der Waals surface area contributed by atoms with Crippen molar-refractivity contribution < 1.29 is 9.90 Å². The number of aliphatic carboxylic acids is 1. The molecule has 0 radical (unpaired) electrons. The van der Waals surface area contributed by atoms with E-state index in [-0.39, 0.29) is 6.42 Å². The van der Waals surface area contributed by atoms with Crippen LogP contribution in [0.2, 0.25) is 0 Å². The first-order valence-electron chi connectivity index (χ1n) is 4.74. The molecule has 4 heteroatoms. The zero-order valence-electron chi connectivity index (χ0n) is 8.36. The molecule has 15 heavy (non-hydrogen) atoms. The number of carboxylic acids is 1. The quantitative estimate of drug-likeness (QED) is 0.866. The summed E-state index contributed by atoms with van der Waals surface area (Å²) in [6, 6.07) is 5.96. The van der Waals surface area contributed by atoms with Crippen molar-refractivity contribution in [1.29, 1.82) is 0 Å². The van der Waals surface area contributed by atoms with E-state index < -0.39 is 5.97 Å². The Morgan fingerprint density at radius 3 is 3.07 bits per heavy atom. The predicted octanol–water partition coefficient (Wildman–Crippen LogP) is 2.62. The van der Waals surface area contributed by atoms with E-state index >= 15 is 0 Å². The minimum absolute atomic E-state index is 0.177. The summed E-state index contributed by atoms with van der Waals surface area (Å²) < 4.78 is 5.40. The molecule has 0 atom stereocenters. The molecule has 0 aliphatic heterocycles. The molecule has 2 aromatic rings. The highest BCUT2D eigenvalue weighted by Crippen LogP contribution is 2.26. The molecule has 0 aliphatic rings. The number of hydrogen-bond donors (Lipinski definition) is 1. The van der Waals surface area contributed by atoms with Gasteiger partial charge in [0, 0.05) is 11.8 Å². The number of carbonyl (C=O) groups is 1. The summed E-state index contributed by atoms with van der Waals surface area (Å²) >= 11 is 1.45. The third kappa shape index (κ3) is 1.99. The molecule has 1 aromatic heterocycles. The second kappa shape index (κ2) is 3.98. The van der Waals surface area contributed by atoms with E-state index in [2.05, 4.69) is 4.37 Å². The number of fused-ring (bicyclic) bond motifs is 1. The fourth-order valence-electron chi connectivity index (χ4n) is 1.58. The van der Waals surface area contributed by atoms with Crippen molar-refractivity contribution in [1.82, 2.24) is 4.37 Å². The highest BCUT2D eigenvalue weighted by molar-refractivity contribution is 7.13. The smallest absolute Gasteiger partial charge is 0.303 e. The number of carboxylic acid groups (broad SMARTS) is 1. The fourth-order valence-corrected chi connectivity index (χ4v) is 2.51. The summed E-state index contributed by atoms with van der Waals surface area (Å²) in [4.78, 5) is 10.5. The lowest BCUT2D eigenvalue weighted by atomic mass is 10.1. The highest BCUT2D eigenvalue weighted by Gasteiger charge is 2.07. The van der Waals surface area contributed by atoms with Gasteiger partial charge in [-0.15, -0.1) is 0 Å². The monoisotopic (exact) mass is 221 g/mol. The number of rotatable bonds is 3. The van der Waals surface area contributed by atoms with Crippen molar-refractivity contribution in [3.8, 4) is 0 Å². The number of aromatic nitrogens is 1. The van der Waals surface area contributed by atoms with Crippen LogP contribution in [0.5, 0.6) is 0 Å². The van der Waals surface area contributed by atoms with E-state index in [0.717, 1.165) is 21.3 Å². The van der Waals surface area contributed by atoms with Gasteiger partial charge in [-0.2, -0.15) is 4.37 Å². The van der Waals surface area contributed by atoms with Crippen LogP contribution in [0.25, 0.3) is 10.1 Å². The van der Waals surface area contributed by atoms with Gasteiger partial charge in [-0.25, -0.2) is 0 Å². The zero-order valence-corrected chi connectivity index (χ0v) is 9.17. The molecule has 1 heterocycles. The summed E-state index contributed by atoms with van der Waals surface area (Å²) in [6.07, 6.45) is 0.754. The van der Waals surface area contributed by atoms with E-state index in [1.807, 2.05) is 25.1 Å². The number of aryl methyl sites for hydroxylation is 2. The van der Waals surface area contributed by atoms with Crippen molar-refractivity contribution in [2.45, 2.75) is 19.8 Å². The first kappa shape index (κ1) is 10.1. The van der Waals surface area contributed by atoms with Crippen molar-refractivity contribution in [2.24, 2.45) is 0 Å². The van der Waals surface area contributed by atoms with Gasteiger partial charge in [0.05, 0.1) is 10.4 Å². The maximum Gasteiger partial charge on any atom is 0.303 e. The van der Waals surface area contributed by atoms with Gasteiger partial charge in [-0.1, -0.05) is 18.2 Å². The number of hydrogen-bond acceptors (Lipinski definition) is 3. The van der Waals surface area contributed by atoms with Gasteiger partial charge in [0.25, 0.3) is 0 Å². The zero-order chi connectivity index (χ0) is 10.8. The molecule has 1 aromatic carbocycles. The summed E-state index contributed by atoms with van der Waals surface area (Å²) in [7, 11) is 0.